The fourth-order valence-electron chi connectivity index (χ4n) is 3.79. The molecule has 2 aliphatic heterocycles. The molecule has 1 amide bonds. The van der Waals surface area contributed by atoms with Crippen LogP contribution < -0.4 is 0 Å². The van der Waals surface area contributed by atoms with Crippen LogP contribution in [0.15, 0.2) is 5.16 Å². The highest BCUT2D eigenvalue weighted by atomic mass is 32.2. The summed E-state index contributed by atoms with van der Waals surface area (Å²) in [5.74, 6) is 1.90. The van der Waals surface area contributed by atoms with Crippen LogP contribution in [0.3, 0.4) is 0 Å². The molecule has 7 heteroatoms. The Morgan fingerprint density at radius 1 is 1.26 bits per heavy atom. The third-order valence-electron chi connectivity index (χ3n) is 5.06. The van der Waals surface area contributed by atoms with Crippen LogP contribution in [0, 0.1) is 5.92 Å². The number of thioether (sulfide) groups is 1. The Morgan fingerprint density at radius 3 is 2.74 bits per heavy atom. The third kappa shape index (κ3) is 3.55. The van der Waals surface area contributed by atoms with E-state index < -0.39 is 0 Å². The first-order valence-electron chi connectivity index (χ1n) is 8.55. The van der Waals surface area contributed by atoms with E-state index in [9.17, 15) is 4.79 Å². The van der Waals surface area contributed by atoms with E-state index in [-0.39, 0.29) is 11.9 Å². The predicted molar refractivity (Wildman–Crippen MR) is 91.3 cm³/mol. The van der Waals surface area contributed by atoms with Crippen molar-refractivity contribution in [2.45, 2.75) is 43.8 Å². The Hall–Kier alpha value is -1.08. The van der Waals surface area contributed by atoms with Gasteiger partial charge in [-0.25, -0.2) is 0 Å². The molecule has 2 saturated heterocycles. The number of amides is 1. The Morgan fingerprint density at radius 2 is 2.04 bits per heavy atom. The molecular weight excluding hydrogens is 310 g/mol. The SMILES string of the molecule is CSc1nnc([C@H]2CCCN2CC(=O)N2CCC[C@@H](C)C2)n1C. The average molecular weight is 337 g/mol. The summed E-state index contributed by atoms with van der Waals surface area (Å²) in [5.41, 5.74) is 0. The number of piperidine rings is 1. The van der Waals surface area contributed by atoms with Gasteiger partial charge in [-0.2, -0.15) is 0 Å². The van der Waals surface area contributed by atoms with Gasteiger partial charge in [0.25, 0.3) is 0 Å². The number of rotatable bonds is 4. The molecule has 0 aliphatic carbocycles. The molecule has 1 aromatic rings. The minimum absolute atomic E-state index is 0.222. The molecule has 3 heterocycles. The average Bonchev–Trinajstić information content (AvgIpc) is 3.13. The number of carbonyl (C=O) groups is 1. The second-order valence-corrected chi connectivity index (χ2v) is 7.59. The Balaban J connectivity index is 1.67. The first-order valence-corrected chi connectivity index (χ1v) is 9.77. The van der Waals surface area contributed by atoms with E-state index in [1.807, 2.05) is 18.2 Å². The van der Waals surface area contributed by atoms with E-state index >= 15 is 0 Å². The summed E-state index contributed by atoms with van der Waals surface area (Å²) in [6.07, 6.45) is 6.57. The largest absolute Gasteiger partial charge is 0.341 e. The van der Waals surface area contributed by atoms with Crippen molar-refractivity contribution >= 4 is 17.7 Å². The summed E-state index contributed by atoms with van der Waals surface area (Å²) in [4.78, 5) is 17.0. The normalized spacial score (nSPS) is 26.0. The van der Waals surface area contributed by atoms with Gasteiger partial charge in [0, 0.05) is 20.1 Å². The van der Waals surface area contributed by atoms with Crippen molar-refractivity contribution in [2.75, 3.05) is 32.4 Å². The van der Waals surface area contributed by atoms with Gasteiger partial charge in [-0.1, -0.05) is 18.7 Å². The number of nitrogens with zero attached hydrogens (tertiary/aromatic N) is 5. The van der Waals surface area contributed by atoms with Crippen LogP contribution in [-0.4, -0.2) is 62.9 Å². The lowest BCUT2D eigenvalue weighted by Crippen LogP contribution is -2.44. The highest BCUT2D eigenvalue weighted by Crippen LogP contribution is 2.31. The van der Waals surface area contributed by atoms with Gasteiger partial charge in [0.2, 0.25) is 5.91 Å². The maximum absolute atomic E-state index is 12.7. The van der Waals surface area contributed by atoms with Crippen molar-refractivity contribution in [1.29, 1.82) is 0 Å². The first kappa shape index (κ1) is 16.8. The first-order chi connectivity index (χ1) is 11.1. The Kier molecular flexibility index (Phi) is 5.26. The molecule has 0 aromatic carbocycles. The maximum Gasteiger partial charge on any atom is 0.236 e. The molecule has 0 spiro atoms. The molecular formula is C16H27N5OS. The molecule has 0 radical (unpaired) electrons. The summed E-state index contributed by atoms with van der Waals surface area (Å²) in [5, 5.41) is 9.56. The van der Waals surface area contributed by atoms with Crippen molar-refractivity contribution < 1.29 is 4.79 Å². The van der Waals surface area contributed by atoms with Crippen LogP contribution in [0.5, 0.6) is 0 Å². The van der Waals surface area contributed by atoms with Crippen LogP contribution in [0.2, 0.25) is 0 Å². The van der Waals surface area contributed by atoms with Gasteiger partial charge in [-0.15, -0.1) is 10.2 Å². The molecule has 2 fully saturated rings. The molecule has 23 heavy (non-hydrogen) atoms. The lowest BCUT2D eigenvalue weighted by molar-refractivity contribution is -0.134. The molecule has 128 valence electrons. The van der Waals surface area contributed by atoms with Gasteiger partial charge >= 0.3 is 0 Å². The van der Waals surface area contributed by atoms with E-state index in [4.69, 9.17) is 0 Å². The van der Waals surface area contributed by atoms with Gasteiger partial charge < -0.3 is 9.47 Å². The van der Waals surface area contributed by atoms with E-state index in [1.165, 1.54) is 6.42 Å². The lowest BCUT2D eigenvalue weighted by Gasteiger charge is -2.33. The molecule has 2 aliphatic rings. The minimum atomic E-state index is 0.222. The zero-order valence-corrected chi connectivity index (χ0v) is 15.2. The van der Waals surface area contributed by atoms with Gasteiger partial charge in [0.05, 0.1) is 12.6 Å². The topological polar surface area (TPSA) is 54.3 Å². The van der Waals surface area contributed by atoms with Gasteiger partial charge in [0.1, 0.15) is 0 Å². The van der Waals surface area contributed by atoms with E-state index in [0.29, 0.717) is 12.5 Å². The van der Waals surface area contributed by atoms with Gasteiger partial charge in [-0.05, 0) is 44.4 Å². The Bertz CT molecular complexity index is 561. The molecule has 6 nitrogen and oxygen atoms in total. The Labute approximate surface area is 142 Å². The van der Waals surface area contributed by atoms with Crippen molar-refractivity contribution in [3.05, 3.63) is 5.82 Å². The van der Waals surface area contributed by atoms with Gasteiger partial charge in [-0.3, -0.25) is 9.69 Å². The number of hydrogen-bond donors (Lipinski definition) is 0. The molecule has 0 N–H and O–H groups in total. The van der Waals surface area contributed by atoms with Crippen LogP contribution >= 0.6 is 11.8 Å². The lowest BCUT2D eigenvalue weighted by atomic mass is 10.0. The minimum Gasteiger partial charge on any atom is -0.341 e. The van der Waals surface area contributed by atoms with Crippen molar-refractivity contribution in [2.24, 2.45) is 13.0 Å². The smallest absolute Gasteiger partial charge is 0.236 e. The summed E-state index contributed by atoms with van der Waals surface area (Å²) >= 11 is 1.61. The number of hydrogen-bond acceptors (Lipinski definition) is 5. The fraction of sp³-hybridized carbons (Fsp3) is 0.812. The molecule has 0 bridgehead atoms. The zero-order valence-electron chi connectivity index (χ0n) is 14.4. The van der Waals surface area contributed by atoms with Crippen LogP contribution in [-0.2, 0) is 11.8 Å². The second kappa shape index (κ2) is 7.21. The molecule has 2 atom stereocenters. The van der Waals surface area contributed by atoms with Crippen molar-refractivity contribution in [1.82, 2.24) is 24.6 Å². The third-order valence-corrected chi connectivity index (χ3v) is 5.78. The zero-order chi connectivity index (χ0) is 16.4. The van der Waals surface area contributed by atoms with Gasteiger partial charge in [0.15, 0.2) is 11.0 Å². The standard InChI is InChI=1S/C16H27N5OS/c1-12-6-4-9-21(10-12)14(22)11-20-8-5-7-13(20)15-17-18-16(23-3)19(15)2/h12-13H,4-11H2,1-3H3/t12-,13-/m1/s1. The molecule has 0 saturated carbocycles. The number of aromatic nitrogens is 3. The summed E-state index contributed by atoms with van der Waals surface area (Å²) in [6, 6.07) is 0.222. The molecule has 3 rings (SSSR count). The summed E-state index contributed by atoms with van der Waals surface area (Å²) < 4.78 is 2.07. The number of carbonyl (C=O) groups excluding carboxylic acids is 1. The van der Waals surface area contributed by atoms with Crippen molar-refractivity contribution in [3.63, 3.8) is 0 Å². The fourth-order valence-corrected chi connectivity index (χ4v) is 4.28. The highest BCUT2D eigenvalue weighted by Gasteiger charge is 2.33. The second-order valence-electron chi connectivity index (χ2n) is 6.82. The highest BCUT2D eigenvalue weighted by molar-refractivity contribution is 7.98. The maximum atomic E-state index is 12.7. The number of likely N-dealkylation sites (tertiary alicyclic amines) is 2. The summed E-state index contributed by atoms with van der Waals surface area (Å²) in [7, 11) is 2.02. The molecule has 0 unspecified atom stereocenters. The monoisotopic (exact) mass is 337 g/mol. The van der Waals surface area contributed by atoms with Crippen LogP contribution in [0.25, 0.3) is 0 Å². The van der Waals surface area contributed by atoms with Crippen LogP contribution in [0.1, 0.15) is 44.5 Å². The van der Waals surface area contributed by atoms with E-state index in [1.54, 1.807) is 11.8 Å². The predicted octanol–water partition coefficient (Wildman–Crippen LogP) is 1.93. The summed E-state index contributed by atoms with van der Waals surface area (Å²) in [6.45, 7) is 5.56. The van der Waals surface area contributed by atoms with E-state index in [0.717, 1.165) is 49.9 Å². The molecule has 1 aromatic heterocycles. The quantitative estimate of drug-likeness (QED) is 0.786. The van der Waals surface area contributed by atoms with E-state index in [2.05, 4.69) is 26.6 Å². The van der Waals surface area contributed by atoms with Crippen molar-refractivity contribution in [3.8, 4) is 0 Å². The van der Waals surface area contributed by atoms with Crippen LogP contribution in [0.4, 0.5) is 0 Å².